The van der Waals surface area contributed by atoms with E-state index in [2.05, 4.69) is 57.4 Å². The first-order chi connectivity index (χ1) is 14.6. The second kappa shape index (κ2) is 6.60. The Morgan fingerprint density at radius 2 is 2.10 bits per heavy atom. The minimum absolute atomic E-state index is 0.00661. The van der Waals surface area contributed by atoms with Crippen LogP contribution in [-0.4, -0.2) is 54.0 Å². The summed E-state index contributed by atoms with van der Waals surface area (Å²) in [5.74, 6) is 0. The van der Waals surface area contributed by atoms with Gasteiger partial charge in [-0.2, -0.15) is 0 Å². The predicted octanol–water partition coefficient (Wildman–Crippen LogP) is 4.24. The van der Waals surface area contributed by atoms with Gasteiger partial charge >= 0.3 is 0 Å². The molecule has 3 atom stereocenters. The van der Waals surface area contributed by atoms with E-state index in [-0.39, 0.29) is 23.7 Å². The average molecular weight is 442 g/mol. The number of nitrogens with zero attached hydrogens (tertiary/aromatic N) is 5. The van der Waals surface area contributed by atoms with Crippen LogP contribution >= 0.6 is 22.9 Å². The second-order valence-corrected chi connectivity index (χ2v) is 9.54. The first kappa shape index (κ1) is 18.5. The van der Waals surface area contributed by atoms with Crippen LogP contribution in [0.4, 0.5) is 5.69 Å². The molecule has 1 saturated heterocycles. The Hall–Kier alpha value is -2.29. The monoisotopic (exact) mass is 441 g/mol. The molecule has 30 heavy (non-hydrogen) atoms. The molecule has 0 N–H and O–H groups in total. The number of thiazole rings is 1. The van der Waals surface area contributed by atoms with Crippen LogP contribution in [0.15, 0.2) is 32.3 Å². The van der Waals surface area contributed by atoms with Gasteiger partial charge in [0.2, 0.25) is 0 Å². The maximum absolute atomic E-state index is 6.98. The molecule has 0 unspecified atom stereocenters. The summed E-state index contributed by atoms with van der Waals surface area (Å²) < 4.78 is 12.0. The van der Waals surface area contributed by atoms with Crippen LogP contribution in [0.25, 0.3) is 21.5 Å². The molecule has 1 spiro atoms. The average Bonchev–Trinajstić information content (AvgIpc) is 3.37. The van der Waals surface area contributed by atoms with Crippen LogP contribution in [0.2, 0.25) is 5.02 Å². The van der Waals surface area contributed by atoms with Crippen LogP contribution in [-0.2, 0) is 11.2 Å². The minimum Gasteiger partial charge on any atom is -0.372 e. The third-order valence-electron chi connectivity index (χ3n) is 6.27. The highest BCUT2D eigenvalue weighted by Crippen LogP contribution is 2.50. The molecule has 5 heterocycles. The number of hydrogen-bond donors (Lipinski definition) is 0. The Morgan fingerprint density at radius 3 is 2.87 bits per heavy atom. The quantitative estimate of drug-likeness (QED) is 0.564. The van der Waals surface area contributed by atoms with Crippen molar-refractivity contribution in [2.24, 2.45) is 15.4 Å². The van der Waals surface area contributed by atoms with Crippen LogP contribution < -0.4 is 4.90 Å². The van der Waals surface area contributed by atoms with Crippen molar-refractivity contribution < 1.29 is 9.26 Å². The van der Waals surface area contributed by atoms with Crippen LogP contribution in [0, 0.1) is 5.41 Å². The molecule has 3 aliphatic heterocycles. The lowest BCUT2D eigenvalue weighted by Gasteiger charge is -2.54. The summed E-state index contributed by atoms with van der Waals surface area (Å²) in [6.07, 6.45) is 6.77. The van der Waals surface area contributed by atoms with E-state index in [1.165, 1.54) is 11.3 Å². The van der Waals surface area contributed by atoms with Crippen LogP contribution in [0.5, 0.6) is 0 Å². The molecule has 0 radical (unpaired) electrons. The summed E-state index contributed by atoms with van der Waals surface area (Å²) in [5.41, 5.74) is 5.03. The number of ether oxygens (including phenoxy) is 1. The predicted molar refractivity (Wildman–Crippen MR) is 119 cm³/mol. The SMILES string of the molecule is C[C@H]1CN2c3c(cc4c(-c5cncs5)noc4c3Cl)CC3(C=NCN=C3)[C@@H]2[C@@H](C)O1. The van der Waals surface area contributed by atoms with Gasteiger partial charge in [-0.3, -0.25) is 15.0 Å². The van der Waals surface area contributed by atoms with E-state index in [1.807, 2.05) is 0 Å². The molecule has 0 aliphatic carbocycles. The van der Waals surface area contributed by atoms with E-state index in [1.54, 1.807) is 11.7 Å². The molecule has 2 aromatic heterocycles. The molecule has 0 bridgehead atoms. The van der Waals surface area contributed by atoms with Crippen LogP contribution in [0.1, 0.15) is 19.4 Å². The van der Waals surface area contributed by atoms with Crippen molar-refractivity contribution in [3.05, 3.63) is 28.4 Å². The Morgan fingerprint density at radius 1 is 1.27 bits per heavy atom. The number of rotatable bonds is 1. The maximum Gasteiger partial charge on any atom is 0.188 e. The zero-order chi connectivity index (χ0) is 20.5. The van der Waals surface area contributed by atoms with Gasteiger partial charge in [-0.05, 0) is 31.9 Å². The van der Waals surface area contributed by atoms with Crippen molar-refractivity contribution in [2.45, 2.75) is 38.5 Å². The molecule has 154 valence electrons. The fraction of sp³-hybridized carbons (Fsp3) is 0.429. The molecular formula is C21H20ClN5O2S. The third-order valence-corrected chi connectivity index (χ3v) is 7.40. The third kappa shape index (κ3) is 2.53. The first-order valence-electron chi connectivity index (χ1n) is 10.0. The lowest BCUT2D eigenvalue weighted by molar-refractivity contribution is -0.0429. The molecule has 3 aliphatic rings. The van der Waals surface area contributed by atoms with E-state index in [0.717, 1.165) is 40.2 Å². The number of morpholine rings is 1. The van der Waals surface area contributed by atoms with Gasteiger partial charge in [0.1, 0.15) is 17.4 Å². The minimum atomic E-state index is -0.330. The van der Waals surface area contributed by atoms with Gasteiger partial charge in [0.15, 0.2) is 5.58 Å². The van der Waals surface area contributed by atoms with E-state index >= 15 is 0 Å². The van der Waals surface area contributed by atoms with Gasteiger partial charge in [0.05, 0.1) is 45.1 Å². The number of halogens is 1. The zero-order valence-electron chi connectivity index (χ0n) is 16.6. The molecule has 1 fully saturated rings. The fourth-order valence-corrected chi connectivity index (χ4v) is 6.28. The highest BCUT2D eigenvalue weighted by atomic mass is 35.5. The molecule has 9 heteroatoms. The Bertz CT molecular complexity index is 1180. The zero-order valence-corrected chi connectivity index (χ0v) is 18.2. The van der Waals surface area contributed by atoms with Gasteiger partial charge in [0.25, 0.3) is 0 Å². The van der Waals surface area contributed by atoms with Gasteiger partial charge in [0, 0.05) is 25.2 Å². The lowest BCUT2D eigenvalue weighted by Crippen LogP contribution is -2.65. The van der Waals surface area contributed by atoms with Crippen LogP contribution in [0.3, 0.4) is 0 Å². The highest BCUT2D eigenvalue weighted by molar-refractivity contribution is 7.13. The van der Waals surface area contributed by atoms with Gasteiger partial charge < -0.3 is 14.2 Å². The van der Waals surface area contributed by atoms with Crippen molar-refractivity contribution in [3.8, 4) is 10.6 Å². The topological polar surface area (TPSA) is 76.1 Å². The molecule has 3 aromatic rings. The Balaban J connectivity index is 1.60. The Kier molecular flexibility index (Phi) is 4.07. The van der Waals surface area contributed by atoms with E-state index in [4.69, 9.17) is 20.9 Å². The van der Waals surface area contributed by atoms with Gasteiger partial charge in [-0.25, -0.2) is 0 Å². The number of anilines is 1. The lowest BCUT2D eigenvalue weighted by atomic mass is 9.69. The molecule has 0 amide bonds. The van der Waals surface area contributed by atoms with Gasteiger partial charge in [-0.15, -0.1) is 11.3 Å². The van der Waals surface area contributed by atoms with E-state index in [0.29, 0.717) is 17.3 Å². The van der Waals surface area contributed by atoms with Crippen molar-refractivity contribution in [1.29, 1.82) is 0 Å². The molecule has 1 aromatic carbocycles. The molecular weight excluding hydrogens is 422 g/mol. The molecule has 7 nitrogen and oxygen atoms in total. The number of aliphatic imine (C=N–C) groups is 2. The van der Waals surface area contributed by atoms with Crippen molar-refractivity contribution in [3.63, 3.8) is 0 Å². The summed E-state index contributed by atoms with van der Waals surface area (Å²) in [6.45, 7) is 5.44. The first-order valence-corrected chi connectivity index (χ1v) is 11.3. The summed E-state index contributed by atoms with van der Waals surface area (Å²) in [5, 5.41) is 5.84. The van der Waals surface area contributed by atoms with Crippen molar-refractivity contribution in [1.82, 2.24) is 10.1 Å². The van der Waals surface area contributed by atoms with E-state index < -0.39 is 0 Å². The normalized spacial score (nSPS) is 26.9. The summed E-state index contributed by atoms with van der Waals surface area (Å²) in [7, 11) is 0. The number of aromatic nitrogens is 2. The summed E-state index contributed by atoms with van der Waals surface area (Å²) in [4.78, 5) is 16.6. The number of fused-ring (bicyclic) bond motifs is 5. The molecule has 6 rings (SSSR count). The number of hydrogen-bond acceptors (Lipinski definition) is 8. The van der Waals surface area contributed by atoms with Gasteiger partial charge in [-0.1, -0.05) is 16.8 Å². The highest BCUT2D eigenvalue weighted by Gasteiger charge is 2.51. The molecule has 0 saturated carbocycles. The second-order valence-electron chi connectivity index (χ2n) is 8.27. The fourth-order valence-electron chi connectivity index (χ4n) is 5.30. The summed E-state index contributed by atoms with van der Waals surface area (Å²) >= 11 is 8.51. The largest absolute Gasteiger partial charge is 0.372 e. The Labute approximate surface area is 182 Å². The summed E-state index contributed by atoms with van der Waals surface area (Å²) in [6, 6.07) is 2.23. The number of benzene rings is 1. The smallest absolute Gasteiger partial charge is 0.188 e. The standard InChI is InChI=1S/C21H20ClN5O2S/c1-11-6-27-18-13(4-21(7-24-9-25-8-21)20(27)12(2)28-11)3-14-17(15-5-23-10-30-15)26-29-19(14)16(18)22/h3,5,7-8,10-12,20H,4,6,9H2,1-2H3/t11-,12+,20-/m0/s1. The van der Waals surface area contributed by atoms with Crippen molar-refractivity contribution >= 4 is 52.0 Å². The van der Waals surface area contributed by atoms with E-state index in [9.17, 15) is 0 Å². The maximum atomic E-state index is 6.98. The van der Waals surface area contributed by atoms with Crippen molar-refractivity contribution in [2.75, 3.05) is 18.1 Å².